The summed E-state index contributed by atoms with van der Waals surface area (Å²) >= 11 is 0. The van der Waals surface area contributed by atoms with Crippen LogP contribution in [0.5, 0.6) is 0 Å². The first-order valence-corrected chi connectivity index (χ1v) is 8.25. The van der Waals surface area contributed by atoms with E-state index in [-0.39, 0.29) is 22.2 Å². The number of anilines is 1. The van der Waals surface area contributed by atoms with Crippen molar-refractivity contribution in [3.63, 3.8) is 0 Å². The molecule has 0 spiro atoms. The van der Waals surface area contributed by atoms with Crippen molar-refractivity contribution in [3.8, 4) is 0 Å². The van der Waals surface area contributed by atoms with Gasteiger partial charge < -0.3 is 9.84 Å². The topological polar surface area (TPSA) is 101 Å². The van der Waals surface area contributed by atoms with Crippen LogP contribution in [0.4, 0.5) is 5.82 Å². The molecule has 0 aliphatic carbocycles. The van der Waals surface area contributed by atoms with Crippen molar-refractivity contribution in [1.29, 1.82) is 0 Å². The Balaban J connectivity index is 2.22. The van der Waals surface area contributed by atoms with Crippen molar-refractivity contribution < 1.29 is 17.7 Å². The molecule has 8 heteroatoms. The molecule has 118 valence electrons. The Labute approximate surface area is 128 Å². The van der Waals surface area contributed by atoms with E-state index in [0.29, 0.717) is 12.3 Å². The van der Waals surface area contributed by atoms with Gasteiger partial charge in [-0.3, -0.25) is 9.52 Å². The highest BCUT2D eigenvalue weighted by molar-refractivity contribution is 7.92. The first kappa shape index (κ1) is 16.0. The van der Waals surface area contributed by atoms with Crippen molar-refractivity contribution in [3.05, 3.63) is 41.7 Å². The fourth-order valence-electron chi connectivity index (χ4n) is 1.76. The van der Waals surface area contributed by atoms with Crippen LogP contribution in [0.15, 0.2) is 39.8 Å². The number of rotatable bonds is 6. The van der Waals surface area contributed by atoms with Gasteiger partial charge in [0.25, 0.3) is 15.9 Å². The lowest BCUT2D eigenvalue weighted by Crippen LogP contribution is -2.24. The van der Waals surface area contributed by atoms with Gasteiger partial charge in [0.1, 0.15) is 5.76 Å². The smallest absolute Gasteiger partial charge is 0.263 e. The van der Waals surface area contributed by atoms with Gasteiger partial charge in [-0.05, 0) is 31.5 Å². The summed E-state index contributed by atoms with van der Waals surface area (Å²) in [5, 5.41) is 6.28. The van der Waals surface area contributed by atoms with Gasteiger partial charge in [0.05, 0.1) is 4.90 Å². The summed E-state index contributed by atoms with van der Waals surface area (Å²) in [5.74, 6) is 0.278. The maximum atomic E-state index is 12.3. The molecule has 2 N–H and O–H groups in total. The number of hydrogen-bond donors (Lipinski definition) is 2. The van der Waals surface area contributed by atoms with Gasteiger partial charge in [-0.15, -0.1) is 0 Å². The number of amides is 1. The molecule has 0 radical (unpaired) electrons. The highest BCUT2D eigenvalue weighted by Crippen LogP contribution is 2.17. The number of hydrogen-bond acceptors (Lipinski definition) is 5. The summed E-state index contributed by atoms with van der Waals surface area (Å²) in [7, 11) is -3.83. The third kappa shape index (κ3) is 3.85. The highest BCUT2D eigenvalue weighted by Gasteiger charge is 2.18. The average molecular weight is 323 g/mol. The predicted octanol–water partition coefficient (Wildman–Crippen LogP) is 1.92. The summed E-state index contributed by atoms with van der Waals surface area (Å²) < 4.78 is 31.7. The number of sulfonamides is 1. The Morgan fingerprint density at radius 3 is 2.73 bits per heavy atom. The summed E-state index contributed by atoms with van der Waals surface area (Å²) in [5.41, 5.74) is 0.285. The van der Waals surface area contributed by atoms with Gasteiger partial charge in [0.15, 0.2) is 5.82 Å². The van der Waals surface area contributed by atoms with Gasteiger partial charge in [-0.2, -0.15) is 0 Å². The van der Waals surface area contributed by atoms with E-state index in [9.17, 15) is 13.2 Å². The first-order chi connectivity index (χ1) is 10.4. The number of nitrogens with one attached hydrogen (secondary N) is 2. The van der Waals surface area contributed by atoms with Gasteiger partial charge in [-0.1, -0.05) is 18.1 Å². The fourth-order valence-corrected chi connectivity index (χ4v) is 2.79. The van der Waals surface area contributed by atoms with Crippen LogP contribution in [0.3, 0.4) is 0 Å². The number of aromatic nitrogens is 1. The molecule has 0 aliphatic heterocycles. The molecule has 0 aliphatic rings. The van der Waals surface area contributed by atoms with Gasteiger partial charge in [0, 0.05) is 18.2 Å². The lowest BCUT2D eigenvalue weighted by Gasteiger charge is -2.07. The minimum Gasteiger partial charge on any atom is -0.360 e. The quantitative estimate of drug-likeness (QED) is 0.845. The van der Waals surface area contributed by atoms with E-state index in [1.807, 2.05) is 6.92 Å². The molecule has 0 bridgehead atoms. The average Bonchev–Trinajstić information content (AvgIpc) is 2.89. The maximum Gasteiger partial charge on any atom is 0.263 e. The second kappa shape index (κ2) is 6.61. The molecule has 22 heavy (non-hydrogen) atoms. The monoisotopic (exact) mass is 323 g/mol. The number of benzene rings is 1. The minimum absolute atomic E-state index is 0.0164. The Hall–Kier alpha value is -2.35. The second-order valence-electron chi connectivity index (χ2n) is 4.71. The zero-order chi connectivity index (χ0) is 16.2. The molecule has 7 nitrogen and oxygen atoms in total. The number of carbonyl (C=O) groups is 1. The number of carbonyl (C=O) groups excluding carboxylic acids is 1. The summed E-state index contributed by atoms with van der Waals surface area (Å²) in [4.78, 5) is 11.9. The molecular weight excluding hydrogens is 306 g/mol. The zero-order valence-electron chi connectivity index (χ0n) is 12.3. The molecule has 1 aromatic carbocycles. The molecule has 0 unspecified atom stereocenters. The van der Waals surface area contributed by atoms with Crippen LogP contribution in [0.1, 0.15) is 29.5 Å². The molecule has 0 saturated carbocycles. The van der Waals surface area contributed by atoms with E-state index in [0.717, 1.165) is 6.42 Å². The second-order valence-corrected chi connectivity index (χ2v) is 6.39. The summed E-state index contributed by atoms with van der Waals surface area (Å²) in [6.45, 7) is 4.13. The number of aryl methyl sites for hydroxylation is 1. The van der Waals surface area contributed by atoms with Gasteiger partial charge in [0.2, 0.25) is 0 Å². The van der Waals surface area contributed by atoms with Crippen LogP contribution >= 0.6 is 0 Å². The molecule has 2 aromatic rings. The van der Waals surface area contributed by atoms with Crippen LogP contribution in [0, 0.1) is 6.92 Å². The largest absolute Gasteiger partial charge is 0.360 e. The minimum atomic E-state index is -3.83. The van der Waals surface area contributed by atoms with E-state index < -0.39 is 10.0 Å². The molecule has 1 heterocycles. The van der Waals surface area contributed by atoms with Crippen molar-refractivity contribution in [2.75, 3.05) is 11.3 Å². The Bertz CT molecular complexity index is 768. The van der Waals surface area contributed by atoms with Crippen LogP contribution in [0.2, 0.25) is 0 Å². The predicted molar refractivity (Wildman–Crippen MR) is 81.1 cm³/mol. The summed E-state index contributed by atoms with van der Waals surface area (Å²) in [6.07, 6.45) is 0.802. The Kier molecular flexibility index (Phi) is 4.81. The third-order valence-electron chi connectivity index (χ3n) is 2.81. The van der Waals surface area contributed by atoms with Crippen LogP contribution in [-0.4, -0.2) is 26.0 Å². The molecule has 0 saturated heterocycles. The standard InChI is InChI=1S/C14H17N3O4S/c1-3-7-15-14(18)11-5-4-6-12(9-11)22(19,20)17-13-8-10(2)21-16-13/h4-6,8-9H,3,7H2,1-2H3,(H,15,18)(H,16,17). The van der Waals surface area contributed by atoms with Crippen molar-refractivity contribution in [2.24, 2.45) is 0 Å². The molecule has 0 atom stereocenters. The summed E-state index contributed by atoms with van der Waals surface area (Å²) in [6, 6.07) is 7.27. The molecular formula is C14H17N3O4S. The van der Waals surface area contributed by atoms with Crippen molar-refractivity contribution >= 4 is 21.7 Å². The van der Waals surface area contributed by atoms with Crippen LogP contribution < -0.4 is 10.0 Å². The zero-order valence-corrected chi connectivity index (χ0v) is 13.1. The highest BCUT2D eigenvalue weighted by atomic mass is 32.2. The Morgan fingerprint density at radius 1 is 1.32 bits per heavy atom. The van der Waals surface area contributed by atoms with Crippen LogP contribution in [0.25, 0.3) is 0 Å². The normalized spacial score (nSPS) is 11.2. The first-order valence-electron chi connectivity index (χ1n) is 6.77. The van der Waals surface area contributed by atoms with Gasteiger partial charge >= 0.3 is 0 Å². The third-order valence-corrected chi connectivity index (χ3v) is 4.16. The van der Waals surface area contributed by atoms with Crippen molar-refractivity contribution in [2.45, 2.75) is 25.2 Å². The van der Waals surface area contributed by atoms with Crippen LogP contribution in [-0.2, 0) is 10.0 Å². The van der Waals surface area contributed by atoms with E-state index in [4.69, 9.17) is 4.52 Å². The molecule has 1 amide bonds. The van der Waals surface area contributed by atoms with Crippen molar-refractivity contribution in [1.82, 2.24) is 10.5 Å². The van der Waals surface area contributed by atoms with E-state index in [1.54, 1.807) is 13.0 Å². The van der Waals surface area contributed by atoms with E-state index in [2.05, 4.69) is 15.2 Å². The fraction of sp³-hybridized carbons (Fsp3) is 0.286. The Morgan fingerprint density at radius 2 is 2.09 bits per heavy atom. The molecule has 2 rings (SSSR count). The van der Waals surface area contributed by atoms with E-state index in [1.165, 1.54) is 24.3 Å². The molecule has 1 aromatic heterocycles. The SMILES string of the molecule is CCCNC(=O)c1cccc(S(=O)(=O)Nc2cc(C)on2)c1. The molecule has 0 fully saturated rings. The maximum absolute atomic E-state index is 12.3. The van der Waals surface area contributed by atoms with E-state index >= 15 is 0 Å². The lowest BCUT2D eigenvalue weighted by atomic mass is 10.2. The van der Waals surface area contributed by atoms with Gasteiger partial charge in [-0.25, -0.2) is 8.42 Å². The lowest BCUT2D eigenvalue weighted by molar-refractivity contribution is 0.0953. The number of nitrogens with zero attached hydrogens (tertiary/aromatic N) is 1.